The third-order valence-corrected chi connectivity index (χ3v) is 6.66. The molecule has 0 saturated carbocycles. The van der Waals surface area contributed by atoms with Crippen LogP contribution in [-0.2, 0) is 18.4 Å². The SMILES string of the molecule is Cc1cccc2c1c(Cn1c(=O)n([C@H](CC(=O)O)c3ccc(F)cc3)c3cc(C#N)ccc31)cn2C. The maximum Gasteiger partial charge on any atom is 0.330 e. The number of hydrogen-bond acceptors (Lipinski definition) is 3. The van der Waals surface area contributed by atoms with E-state index in [1.165, 1.54) is 28.8 Å². The molecule has 0 bridgehead atoms. The van der Waals surface area contributed by atoms with Crippen molar-refractivity contribution in [1.82, 2.24) is 13.7 Å². The molecule has 0 amide bonds. The van der Waals surface area contributed by atoms with Crippen LogP contribution in [-0.4, -0.2) is 24.8 Å². The fourth-order valence-electron chi connectivity index (χ4n) is 5.03. The number of hydrogen-bond donors (Lipinski definition) is 1. The predicted octanol–water partition coefficient (Wildman–Crippen LogP) is 4.73. The van der Waals surface area contributed by atoms with Gasteiger partial charge in [0.25, 0.3) is 0 Å². The molecule has 2 aromatic heterocycles. The van der Waals surface area contributed by atoms with Gasteiger partial charge in [0, 0.05) is 24.1 Å². The van der Waals surface area contributed by atoms with Crippen LogP contribution in [0.15, 0.2) is 71.7 Å². The molecule has 3 aromatic carbocycles. The van der Waals surface area contributed by atoms with E-state index in [-0.39, 0.29) is 13.0 Å². The van der Waals surface area contributed by atoms with E-state index in [9.17, 15) is 24.3 Å². The number of fused-ring (bicyclic) bond motifs is 2. The zero-order chi connectivity index (χ0) is 25.6. The van der Waals surface area contributed by atoms with E-state index in [1.54, 1.807) is 22.8 Å². The van der Waals surface area contributed by atoms with Crippen LogP contribution < -0.4 is 5.69 Å². The number of carboxylic acids is 1. The lowest BCUT2D eigenvalue weighted by atomic mass is 10.0. The summed E-state index contributed by atoms with van der Waals surface area (Å²) in [7, 11) is 1.95. The van der Waals surface area contributed by atoms with Crippen molar-refractivity contribution in [3.63, 3.8) is 0 Å². The Morgan fingerprint density at radius 3 is 2.53 bits per heavy atom. The number of imidazole rings is 1. The highest BCUT2D eigenvalue weighted by Crippen LogP contribution is 2.29. The fourth-order valence-corrected chi connectivity index (χ4v) is 5.03. The minimum atomic E-state index is -1.10. The average Bonchev–Trinajstić information content (AvgIpc) is 3.32. The molecule has 0 aliphatic carbocycles. The first kappa shape index (κ1) is 23.1. The number of rotatable bonds is 6. The van der Waals surface area contributed by atoms with Gasteiger partial charge < -0.3 is 9.67 Å². The Hall–Kier alpha value is -4.64. The predicted molar refractivity (Wildman–Crippen MR) is 134 cm³/mol. The van der Waals surface area contributed by atoms with Gasteiger partial charge in [-0.1, -0.05) is 24.3 Å². The quantitative estimate of drug-likeness (QED) is 0.379. The molecule has 180 valence electrons. The highest BCUT2D eigenvalue weighted by Gasteiger charge is 2.25. The third-order valence-electron chi connectivity index (χ3n) is 6.66. The van der Waals surface area contributed by atoms with Crippen LogP contribution >= 0.6 is 0 Å². The summed E-state index contributed by atoms with van der Waals surface area (Å²) < 4.78 is 18.7. The van der Waals surface area contributed by atoms with Crippen molar-refractivity contribution in [3.05, 3.63) is 105 Å². The molecule has 5 aromatic rings. The van der Waals surface area contributed by atoms with Gasteiger partial charge in [-0.3, -0.25) is 13.9 Å². The number of halogens is 1. The largest absolute Gasteiger partial charge is 0.481 e. The summed E-state index contributed by atoms with van der Waals surface area (Å²) >= 11 is 0. The lowest BCUT2D eigenvalue weighted by molar-refractivity contribution is -0.137. The number of nitriles is 1. The number of aliphatic carboxylic acids is 1. The summed E-state index contributed by atoms with van der Waals surface area (Å²) in [5.41, 5.74) is 4.55. The van der Waals surface area contributed by atoms with Crippen LogP contribution in [0.4, 0.5) is 4.39 Å². The second-order valence-corrected chi connectivity index (χ2v) is 8.95. The maximum atomic E-state index is 14.0. The first-order valence-electron chi connectivity index (χ1n) is 11.4. The van der Waals surface area contributed by atoms with Gasteiger partial charge in [-0.2, -0.15) is 5.26 Å². The van der Waals surface area contributed by atoms with E-state index in [4.69, 9.17) is 0 Å². The first-order valence-corrected chi connectivity index (χ1v) is 11.4. The second kappa shape index (κ2) is 8.86. The zero-order valence-corrected chi connectivity index (χ0v) is 19.8. The van der Waals surface area contributed by atoms with Gasteiger partial charge in [-0.05, 0) is 60.0 Å². The van der Waals surface area contributed by atoms with Gasteiger partial charge in [0.2, 0.25) is 0 Å². The summed E-state index contributed by atoms with van der Waals surface area (Å²) in [5, 5.41) is 20.2. The van der Waals surface area contributed by atoms with Crippen LogP contribution in [0.1, 0.15) is 34.7 Å². The van der Waals surface area contributed by atoms with E-state index in [2.05, 4.69) is 6.07 Å². The van der Waals surface area contributed by atoms with E-state index >= 15 is 0 Å². The number of carboxylic acid groups (broad SMARTS) is 1. The Labute approximate surface area is 205 Å². The Kier molecular flexibility index (Phi) is 5.69. The Morgan fingerprint density at radius 1 is 1.08 bits per heavy atom. The minimum absolute atomic E-state index is 0.264. The number of nitrogens with zero attached hydrogens (tertiary/aromatic N) is 4. The normalized spacial score (nSPS) is 12.2. The van der Waals surface area contributed by atoms with Crippen molar-refractivity contribution in [2.75, 3.05) is 0 Å². The highest BCUT2D eigenvalue weighted by molar-refractivity contribution is 5.87. The summed E-state index contributed by atoms with van der Waals surface area (Å²) in [6.45, 7) is 2.29. The van der Waals surface area contributed by atoms with Crippen molar-refractivity contribution >= 4 is 27.9 Å². The Balaban J connectivity index is 1.76. The molecule has 0 spiro atoms. The molecule has 5 rings (SSSR count). The molecule has 1 N–H and O–H groups in total. The van der Waals surface area contributed by atoms with Gasteiger partial charge in [-0.15, -0.1) is 0 Å². The van der Waals surface area contributed by atoms with Gasteiger partial charge in [0.15, 0.2) is 0 Å². The zero-order valence-electron chi connectivity index (χ0n) is 19.8. The monoisotopic (exact) mass is 482 g/mol. The lowest BCUT2D eigenvalue weighted by Crippen LogP contribution is -2.29. The third kappa shape index (κ3) is 3.85. The highest BCUT2D eigenvalue weighted by atomic mass is 19.1. The van der Waals surface area contributed by atoms with Crippen LogP contribution in [0.25, 0.3) is 21.9 Å². The molecular formula is C28H23FN4O3. The Morgan fingerprint density at radius 2 is 1.83 bits per heavy atom. The van der Waals surface area contributed by atoms with E-state index in [0.717, 1.165) is 22.0 Å². The number of carbonyl (C=O) groups is 1. The summed E-state index contributed by atoms with van der Waals surface area (Å²) in [6.07, 6.45) is 1.61. The standard InChI is InChI=1S/C28H23FN4O3/c1-17-4-3-5-23-27(17)20(15-31(23)2)16-32-22-11-6-18(14-30)12-25(22)33(28(32)36)24(13-26(34)35)19-7-9-21(29)10-8-19/h3-12,15,24H,13,16H2,1-2H3,(H,34,35)/t24-/m1/s1. The van der Waals surface area contributed by atoms with Crippen molar-refractivity contribution < 1.29 is 14.3 Å². The van der Waals surface area contributed by atoms with Crippen molar-refractivity contribution in [2.24, 2.45) is 7.05 Å². The molecule has 0 aliphatic rings. The molecule has 0 unspecified atom stereocenters. The van der Waals surface area contributed by atoms with Gasteiger partial charge in [0.1, 0.15) is 5.82 Å². The number of benzene rings is 3. The summed E-state index contributed by atoms with van der Waals surface area (Å²) in [6, 6.07) is 17.7. The van der Waals surface area contributed by atoms with Gasteiger partial charge in [0.05, 0.1) is 41.7 Å². The molecule has 0 aliphatic heterocycles. The van der Waals surface area contributed by atoms with Crippen LogP contribution in [0.3, 0.4) is 0 Å². The molecule has 8 heteroatoms. The van der Waals surface area contributed by atoms with Crippen LogP contribution in [0, 0.1) is 24.1 Å². The second-order valence-electron chi connectivity index (χ2n) is 8.95. The Bertz CT molecular complexity index is 1740. The average molecular weight is 483 g/mol. The number of aromatic nitrogens is 3. The van der Waals surface area contributed by atoms with Crippen LogP contribution in [0.2, 0.25) is 0 Å². The summed E-state index contributed by atoms with van der Waals surface area (Å²) in [4.78, 5) is 25.8. The molecule has 36 heavy (non-hydrogen) atoms. The topological polar surface area (TPSA) is 93.0 Å². The van der Waals surface area contributed by atoms with Gasteiger partial charge >= 0.3 is 11.7 Å². The van der Waals surface area contributed by atoms with Crippen molar-refractivity contribution in [2.45, 2.75) is 25.9 Å². The smallest absolute Gasteiger partial charge is 0.330 e. The molecule has 1 atom stereocenters. The first-order chi connectivity index (χ1) is 17.3. The minimum Gasteiger partial charge on any atom is -0.481 e. The molecular weight excluding hydrogens is 459 g/mol. The van der Waals surface area contributed by atoms with E-state index in [0.29, 0.717) is 22.2 Å². The molecule has 0 saturated heterocycles. The van der Waals surface area contributed by atoms with Gasteiger partial charge in [-0.25, -0.2) is 9.18 Å². The fraction of sp³-hybridized carbons (Fsp3) is 0.179. The lowest BCUT2D eigenvalue weighted by Gasteiger charge is -2.17. The maximum absolute atomic E-state index is 14.0. The molecule has 0 radical (unpaired) electrons. The number of aryl methyl sites for hydroxylation is 2. The van der Waals surface area contributed by atoms with Crippen LogP contribution in [0.5, 0.6) is 0 Å². The van der Waals surface area contributed by atoms with E-state index < -0.39 is 23.5 Å². The van der Waals surface area contributed by atoms with E-state index in [1.807, 2.05) is 42.9 Å². The summed E-state index contributed by atoms with van der Waals surface area (Å²) in [5.74, 6) is -1.56. The molecule has 2 heterocycles. The van der Waals surface area contributed by atoms with Crippen molar-refractivity contribution in [1.29, 1.82) is 5.26 Å². The molecule has 7 nitrogen and oxygen atoms in total. The molecule has 0 fully saturated rings. The van der Waals surface area contributed by atoms with Crippen molar-refractivity contribution in [3.8, 4) is 6.07 Å².